The van der Waals surface area contributed by atoms with Crippen LogP contribution in [0.4, 0.5) is 0 Å². The smallest absolute Gasteiger partial charge is 0.252 e. The molecule has 2 atom stereocenters. The van der Waals surface area contributed by atoms with Gasteiger partial charge in [-0.15, -0.1) is 12.6 Å². The van der Waals surface area contributed by atoms with Crippen LogP contribution in [-0.4, -0.2) is 24.2 Å². The zero-order valence-electron chi connectivity index (χ0n) is 10.4. The molecule has 1 saturated heterocycles. The number of ether oxygens (including phenoxy) is 1. The number of amides is 1. The van der Waals surface area contributed by atoms with Gasteiger partial charge in [0.1, 0.15) is 0 Å². The molecule has 5 heteroatoms. The molecule has 2 rings (SSSR count). The first-order valence-electron chi connectivity index (χ1n) is 5.85. The van der Waals surface area contributed by atoms with E-state index in [4.69, 9.17) is 4.74 Å². The standard InChI is InChI=1S/C13H16BrNO2S/c1-8-13(2,5-6-17-8)15-12(16)10-4-3-9(14)7-11(10)18/h3-4,7-8,18H,5-6H2,1-2H3,(H,15,16). The number of hydrogen-bond donors (Lipinski definition) is 2. The molecule has 98 valence electrons. The number of rotatable bonds is 2. The maximum atomic E-state index is 12.3. The van der Waals surface area contributed by atoms with Crippen molar-refractivity contribution in [2.75, 3.05) is 6.61 Å². The van der Waals surface area contributed by atoms with Gasteiger partial charge in [0.15, 0.2) is 0 Å². The normalized spacial score (nSPS) is 27.2. The first-order chi connectivity index (χ1) is 8.42. The minimum atomic E-state index is -0.301. The number of benzene rings is 1. The van der Waals surface area contributed by atoms with Crippen LogP contribution in [0.5, 0.6) is 0 Å². The number of halogens is 1. The van der Waals surface area contributed by atoms with Gasteiger partial charge in [-0.1, -0.05) is 15.9 Å². The van der Waals surface area contributed by atoms with Crippen LogP contribution in [0.1, 0.15) is 30.6 Å². The Kier molecular flexibility index (Phi) is 4.04. The summed E-state index contributed by atoms with van der Waals surface area (Å²) in [4.78, 5) is 12.9. The Morgan fingerprint density at radius 1 is 1.61 bits per heavy atom. The van der Waals surface area contributed by atoms with Crippen LogP contribution < -0.4 is 5.32 Å². The summed E-state index contributed by atoms with van der Waals surface area (Å²) >= 11 is 7.68. The van der Waals surface area contributed by atoms with Crippen molar-refractivity contribution in [2.45, 2.75) is 36.8 Å². The van der Waals surface area contributed by atoms with Crippen molar-refractivity contribution in [1.29, 1.82) is 0 Å². The van der Waals surface area contributed by atoms with Gasteiger partial charge in [0.05, 0.1) is 17.2 Å². The van der Waals surface area contributed by atoms with E-state index in [1.807, 2.05) is 26.0 Å². The first-order valence-corrected chi connectivity index (χ1v) is 7.09. The molecule has 0 saturated carbocycles. The molecule has 0 spiro atoms. The predicted molar refractivity (Wildman–Crippen MR) is 77.3 cm³/mol. The molecule has 1 heterocycles. The van der Waals surface area contributed by atoms with Gasteiger partial charge in [-0.25, -0.2) is 0 Å². The van der Waals surface area contributed by atoms with E-state index in [1.54, 1.807) is 6.07 Å². The lowest BCUT2D eigenvalue weighted by atomic mass is 9.94. The van der Waals surface area contributed by atoms with E-state index in [1.165, 1.54) is 0 Å². The molecular weight excluding hydrogens is 314 g/mol. The summed E-state index contributed by atoms with van der Waals surface area (Å²) < 4.78 is 6.42. The van der Waals surface area contributed by atoms with Gasteiger partial charge in [-0.3, -0.25) is 4.79 Å². The van der Waals surface area contributed by atoms with E-state index < -0.39 is 0 Å². The average molecular weight is 330 g/mol. The van der Waals surface area contributed by atoms with Crippen LogP contribution >= 0.6 is 28.6 Å². The van der Waals surface area contributed by atoms with E-state index in [2.05, 4.69) is 33.9 Å². The molecule has 0 aromatic heterocycles. The van der Waals surface area contributed by atoms with Crippen LogP contribution in [-0.2, 0) is 4.74 Å². The molecule has 0 radical (unpaired) electrons. The monoisotopic (exact) mass is 329 g/mol. The van der Waals surface area contributed by atoms with Crippen molar-refractivity contribution >= 4 is 34.5 Å². The number of carbonyl (C=O) groups is 1. The summed E-state index contributed by atoms with van der Waals surface area (Å²) in [6, 6.07) is 5.42. The van der Waals surface area contributed by atoms with Crippen LogP contribution in [0.3, 0.4) is 0 Å². The van der Waals surface area contributed by atoms with Gasteiger partial charge < -0.3 is 10.1 Å². The lowest BCUT2D eigenvalue weighted by Crippen LogP contribution is -2.50. The fourth-order valence-corrected chi connectivity index (χ4v) is 2.88. The van der Waals surface area contributed by atoms with Crippen molar-refractivity contribution in [2.24, 2.45) is 0 Å². The number of thiol groups is 1. The van der Waals surface area contributed by atoms with Crippen LogP contribution in [0.15, 0.2) is 27.6 Å². The highest BCUT2D eigenvalue weighted by Crippen LogP contribution is 2.26. The minimum absolute atomic E-state index is 0.0280. The number of nitrogens with one attached hydrogen (secondary N) is 1. The highest BCUT2D eigenvalue weighted by atomic mass is 79.9. The zero-order valence-corrected chi connectivity index (χ0v) is 12.8. The van der Waals surface area contributed by atoms with Crippen molar-refractivity contribution < 1.29 is 9.53 Å². The van der Waals surface area contributed by atoms with Crippen molar-refractivity contribution in [3.63, 3.8) is 0 Å². The van der Waals surface area contributed by atoms with Gasteiger partial charge >= 0.3 is 0 Å². The molecule has 1 amide bonds. The molecule has 1 aromatic rings. The zero-order chi connectivity index (χ0) is 13.3. The van der Waals surface area contributed by atoms with Gasteiger partial charge in [0.25, 0.3) is 5.91 Å². The van der Waals surface area contributed by atoms with Crippen LogP contribution in [0.2, 0.25) is 0 Å². The molecule has 1 fully saturated rings. The maximum absolute atomic E-state index is 12.3. The number of hydrogen-bond acceptors (Lipinski definition) is 3. The Bertz CT molecular complexity index is 480. The fraction of sp³-hybridized carbons (Fsp3) is 0.462. The summed E-state index contributed by atoms with van der Waals surface area (Å²) in [5, 5.41) is 3.05. The highest BCUT2D eigenvalue weighted by molar-refractivity contribution is 9.10. The fourth-order valence-electron chi connectivity index (χ4n) is 2.02. The molecule has 1 aromatic carbocycles. The lowest BCUT2D eigenvalue weighted by Gasteiger charge is -2.29. The summed E-state index contributed by atoms with van der Waals surface area (Å²) in [6.45, 7) is 4.68. The van der Waals surface area contributed by atoms with Gasteiger partial charge in [-0.2, -0.15) is 0 Å². The summed E-state index contributed by atoms with van der Waals surface area (Å²) in [6.07, 6.45) is 0.860. The van der Waals surface area contributed by atoms with Gasteiger partial charge in [0.2, 0.25) is 0 Å². The van der Waals surface area contributed by atoms with Crippen LogP contribution in [0.25, 0.3) is 0 Å². The largest absolute Gasteiger partial charge is 0.376 e. The predicted octanol–water partition coefficient (Wildman–Crippen LogP) is 3.04. The lowest BCUT2D eigenvalue weighted by molar-refractivity contribution is 0.0725. The molecular formula is C13H16BrNO2S. The second kappa shape index (κ2) is 5.23. The Morgan fingerprint density at radius 2 is 2.33 bits per heavy atom. The Morgan fingerprint density at radius 3 is 2.89 bits per heavy atom. The van der Waals surface area contributed by atoms with E-state index >= 15 is 0 Å². The van der Waals surface area contributed by atoms with E-state index in [0.29, 0.717) is 17.1 Å². The third kappa shape index (κ3) is 2.73. The molecule has 1 aliphatic rings. The quantitative estimate of drug-likeness (QED) is 0.818. The second-order valence-electron chi connectivity index (χ2n) is 4.80. The SMILES string of the molecule is CC1OCCC1(C)NC(=O)c1ccc(Br)cc1S. The minimum Gasteiger partial charge on any atom is -0.376 e. The first kappa shape index (κ1) is 13.9. The van der Waals surface area contributed by atoms with Gasteiger partial charge in [0, 0.05) is 16.0 Å². The summed E-state index contributed by atoms with van der Waals surface area (Å²) in [5.41, 5.74) is 0.284. The Labute approximate surface area is 121 Å². The maximum Gasteiger partial charge on any atom is 0.252 e. The van der Waals surface area contributed by atoms with Gasteiger partial charge in [-0.05, 0) is 38.5 Å². The highest BCUT2D eigenvalue weighted by Gasteiger charge is 2.38. The molecule has 1 aliphatic heterocycles. The topological polar surface area (TPSA) is 38.3 Å². The summed E-state index contributed by atoms with van der Waals surface area (Å²) in [5.74, 6) is -0.104. The molecule has 2 unspecified atom stereocenters. The third-order valence-electron chi connectivity index (χ3n) is 3.49. The second-order valence-corrected chi connectivity index (χ2v) is 6.19. The van der Waals surface area contributed by atoms with E-state index in [-0.39, 0.29) is 17.6 Å². The third-order valence-corrected chi connectivity index (χ3v) is 4.35. The molecule has 0 bridgehead atoms. The van der Waals surface area contributed by atoms with Crippen molar-refractivity contribution in [3.05, 3.63) is 28.2 Å². The van der Waals surface area contributed by atoms with Crippen molar-refractivity contribution in [3.8, 4) is 0 Å². The average Bonchev–Trinajstić information content (AvgIpc) is 2.58. The molecule has 18 heavy (non-hydrogen) atoms. The molecule has 0 aliphatic carbocycles. The summed E-state index contributed by atoms with van der Waals surface area (Å²) in [7, 11) is 0. The number of carbonyl (C=O) groups excluding carboxylic acids is 1. The van der Waals surface area contributed by atoms with Crippen LogP contribution in [0, 0.1) is 0 Å². The molecule has 1 N–H and O–H groups in total. The Balaban J connectivity index is 2.17. The Hall–Kier alpha value is -0.520. The van der Waals surface area contributed by atoms with E-state index in [0.717, 1.165) is 10.9 Å². The van der Waals surface area contributed by atoms with Crippen molar-refractivity contribution in [1.82, 2.24) is 5.32 Å². The van der Waals surface area contributed by atoms with E-state index in [9.17, 15) is 4.79 Å². The molecule has 3 nitrogen and oxygen atoms in total.